The Morgan fingerprint density at radius 1 is 1.20 bits per heavy atom. The number of carbonyl (C=O) groups is 1. The molecule has 0 radical (unpaired) electrons. The molecule has 104 valence electrons. The minimum absolute atomic E-state index is 0.310. The molecule has 2 unspecified atom stereocenters. The number of pyridine rings is 1. The number of fused-ring (bicyclic) bond motifs is 1. The largest absolute Gasteiger partial charge is 0.478 e. The maximum absolute atomic E-state index is 11.2. The number of carboxylic acids is 1. The summed E-state index contributed by atoms with van der Waals surface area (Å²) >= 11 is 0. The zero-order chi connectivity index (χ0) is 14.3. The highest BCUT2D eigenvalue weighted by Gasteiger charge is 2.27. The summed E-state index contributed by atoms with van der Waals surface area (Å²) in [4.78, 5) is 18.1. The third-order valence-electron chi connectivity index (χ3n) is 4.26. The van der Waals surface area contributed by atoms with Gasteiger partial charge in [0, 0.05) is 18.5 Å². The van der Waals surface area contributed by atoms with Crippen molar-refractivity contribution in [1.29, 1.82) is 0 Å². The van der Waals surface area contributed by atoms with Gasteiger partial charge in [0.25, 0.3) is 0 Å². The number of hydrogen-bond acceptors (Lipinski definition) is 3. The Morgan fingerprint density at radius 2 is 1.90 bits per heavy atom. The SMILES string of the molecule is CC1CN(c2ccc3c(C(=O)O)cccc3n2)CC1C. The van der Waals surface area contributed by atoms with Crippen molar-refractivity contribution in [3.8, 4) is 0 Å². The number of rotatable bonds is 2. The second kappa shape index (κ2) is 4.78. The Bertz CT molecular complexity index is 659. The van der Waals surface area contributed by atoms with Crippen molar-refractivity contribution in [2.24, 2.45) is 11.8 Å². The zero-order valence-electron chi connectivity index (χ0n) is 11.7. The predicted molar refractivity (Wildman–Crippen MR) is 79.2 cm³/mol. The summed E-state index contributed by atoms with van der Waals surface area (Å²) in [5, 5.41) is 9.89. The maximum atomic E-state index is 11.2. The lowest BCUT2D eigenvalue weighted by Crippen LogP contribution is -2.20. The molecule has 0 amide bonds. The van der Waals surface area contributed by atoms with Crippen molar-refractivity contribution in [2.75, 3.05) is 18.0 Å². The molecular formula is C16H18N2O2. The average molecular weight is 270 g/mol. The number of aromatic carboxylic acids is 1. The van der Waals surface area contributed by atoms with Crippen molar-refractivity contribution in [3.63, 3.8) is 0 Å². The van der Waals surface area contributed by atoms with Crippen LogP contribution in [0.2, 0.25) is 0 Å². The van der Waals surface area contributed by atoms with Crippen LogP contribution in [0.3, 0.4) is 0 Å². The molecule has 4 nitrogen and oxygen atoms in total. The van der Waals surface area contributed by atoms with Crippen LogP contribution in [0.15, 0.2) is 30.3 Å². The molecule has 1 aliphatic heterocycles. The van der Waals surface area contributed by atoms with Gasteiger partial charge in [0.2, 0.25) is 0 Å². The predicted octanol–water partition coefficient (Wildman–Crippen LogP) is 3.03. The van der Waals surface area contributed by atoms with E-state index in [1.165, 1.54) is 0 Å². The lowest BCUT2D eigenvalue weighted by Gasteiger charge is -2.17. The number of hydrogen-bond donors (Lipinski definition) is 1. The fourth-order valence-corrected chi connectivity index (χ4v) is 2.82. The smallest absolute Gasteiger partial charge is 0.336 e. The normalized spacial score (nSPS) is 22.4. The fraction of sp³-hybridized carbons (Fsp3) is 0.375. The topological polar surface area (TPSA) is 53.4 Å². The molecule has 0 spiro atoms. The van der Waals surface area contributed by atoms with E-state index in [-0.39, 0.29) is 0 Å². The number of anilines is 1. The van der Waals surface area contributed by atoms with E-state index < -0.39 is 5.97 Å². The number of benzene rings is 1. The van der Waals surface area contributed by atoms with E-state index in [0.717, 1.165) is 24.4 Å². The van der Waals surface area contributed by atoms with Crippen LogP contribution < -0.4 is 4.90 Å². The molecule has 1 saturated heterocycles. The van der Waals surface area contributed by atoms with Crippen molar-refractivity contribution in [2.45, 2.75) is 13.8 Å². The van der Waals surface area contributed by atoms with Crippen LogP contribution in [-0.4, -0.2) is 29.1 Å². The number of carboxylic acid groups (broad SMARTS) is 1. The van der Waals surface area contributed by atoms with Crippen LogP contribution in [-0.2, 0) is 0 Å². The summed E-state index contributed by atoms with van der Waals surface area (Å²) in [7, 11) is 0. The molecule has 1 aromatic heterocycles. The molecule has 2 atom stereocenters. The Morgan fingerprint density at radius 3 is 2.55 bits per heavy atom. The maximum Gasteiger partial charge on any atom is 0.336 e. The van der Waals surface area contributed by atoms with Gasteiger partial charge in [-0.2, -0.15) is 0 Å². The lowest BCUT2D eigenvalue weighted by molar-refractivity contribution is 0.0699. The van der Waals surface area contributed by atoms with Gasteiger partial charge in [-0.3, -0.25) is 0 Å². The minimum atomic E-state index is -0.909. The van der Waals surface area contributed by atoms with E-state index in [1.54, 1.807) is 12.1 Å². The first-order chi connectivity index (χ1) is 9.56. The lowest BCUT2D eigenvalue weighted by atomic mass is 10.0. The molecule has 2 heterocycles. The van der Waals surface area contributed by atoms with Gasteiger partial charge in [-0.1, -0.05) is 19.9 Å². The standard InChI is InChI=1S/C16H18N2O2/c1-10-8-18(9-11(10)2)15-7-6-12-13(16(19)20)4-3-5-14(12)17-15/h3-7,10-11H,8-9H2,1-2H3,(H,19,20). The molecule has 0 saturated carbocycles. The highest BCUT2D eigenvalue weighted by Crippen LogP contribution is 2.28. The highest BCUT2D eigenvalue weighted by molar-refractivity contribution is 6.02. The molecule has 1 N–H and O–H groups in total. The molecule has 0 bridgehead atoms. The van der Waals surface area contributed by atoms with E-state index in [0.29, 0.717) is 22.8 Å². The molecule has 1 aliphatic rings. The van der Waals surface area contributed by atoms with Crippen LogP contribution >= 0.6 is 0 Å². The fourth-order valence-electron chi connectivity index (χ4n) is 2.82. The van der Waals surface area contributed by atoms with Gasteiger partial charge in [-0.25, -0.2) is 9.78 Å². The van der Waals surface area contributed by atoms with Crippen molar-refractivity contribution in [1.82, 2.24) is 4.98 Å². The summed E-state index contributed by atoms with van der Waals surface area (Å²) in [6.45, 7) is 6.54. The first kappa shape index (κ1) is 12.9. The Labute approximate surface area is 118 Å². The Balaban J connectivity index is 2.02. The van der Waals surface area contributed by atoms with Crippen molar-refractivity contribution >= 4 is 22.7 Å². The third-order valence-corrected chi connectivity index (χ3v) is 4.26. The first-order valence-electron chi connectivity index (χ1n) is 6.94. The summed E-state index contributed by atoms with van der Waals surface area (Å²) in [5.74, 6) is 1.36. The molecule has 0 aliphatic carbocycles. The minimum Gasteiger partial charge on any atom is -0.478 e. The van der Waals surface area contributed by atoms with E-state index in [4.69, 9.17) is 0 Å². The number of aromatic nitrogens is 1. The van der Waals surface area contributed by atoms with Crippen LogP contribution in [0.25, 0.3) is 10.9 Å². The Kier molecular flexibility index (Phi) is 3.08. The van der Waals surface area contributed by atoms with Crippen LogP contribution in [0, 0.1) is 11.8 Å². The average Bonchev–Trinajstić information content (AvgIpc) is 2.77. The molecule has 20 heavy (non-hydrogen) atoms. The van der Waals surface area contributed by atoms with Gasteiger partial charge in [0.1, 0.15) is 5.82 Å². The molecule has 3 rings (SSSR count). The van der Waals surface area contributed by atoms with E-state index in [1.807, 2.05) is 18.2 Å². The quantitative estimate of drug-likeness (QED) is 0.911. The Hall–Kier alpha value is -2.10. The van der Waals surface area contributed by atoms with Gasteiger partial charge in [-0.05, 0) is 36.1 Å². The second-order valence-electron chi connectivity index (χ2n) is 5.71. The van der Waals surface area contributed by atoms with E-state index in [2.05, 4.69) is 23.7 Å². The van der Waals surface area contributed by atoms with Crippen LogP contribution in [0.4, 0.5) is 5.82 Å². The monoisotopic (exact) mass is 270 g/mol. The summed E-state index contributed by atoms with van der Waals surface area (Å²) in [6, 6.07) is 9.03. The summed E-state index contributed by atoms with van der Waals surface area (Å²) in [5.41, 5.74) is 1.05. The van der Waals surface area contributed by atoms with Crippen molar-refractivity contribution in [3.05, 3.63) is 35.9 Å². The van der Waals surface area contributed by atoms with Gasteiger partial charge >= 0.3 is 5.97 Å². The third kappa shape index (κ3) is 2.11. The zero-order valence-corrected chi connectivity index (χ0v) is 11.7. The van der Waals surface area contributed by atoms with Gasteiger partial charge < -0.3 is 10.0 Å². The molecule has 4 heteroatoms. The highest BCUT2D eigenvalue weighted by atomic mass is 16.4. The van der Waals surface area contributed by atoms with E-state index in [9.17, 15) is 9.90 Å². The first-order valence-corrected chi connectivity index (χ1v) is 6.94. The summed E-state index contributed by atoms with van der Waals surface area (Å²) < 4.78 is 0. The molecule has 1 aromatic carbocycles. The van der Waals surface area contributed by atoms with Crippen LogP contribution in [0.1, 0.15) is 24.2 Å². The van der Waals surface area contributed by atoms with Crippen molar-refractivity contribution < 1.29 is 9.90 Å². The van der Waals surface area contributed by atoms with Crippen LogP contribution in [0.5, 0.6) is 0 Å². The molecule has 1 fully saturated rings. The molecular weight excluding hydrogens is 252 g/mol. The van der Waals surface area contributed by atoms with Gasteiger partial charge in [-0.15, -0.1) is 0 Å². The van der Waals surface area contributed by atoms with E-state index >= 15 is 0 Å². The summed E-state index contributed by atoms with van der Waals surface area (Å²) in [6.07, 6.45) is 0. The number of nitrogens with zero attached hydrogens (tertiary/aromatic N) is 2. The second-order valence-corrected chi connectivity index (χ2v) is 5.71. The molecule has 2 aromatic rings. The van der Waals surface area contributed by atoms with Gasteiger partial charge in [0.15, 0.2) is 0 Å². The van der Waals surface area contributed by atoms with Gasteiger partial charge in [0.05, 0.1) is 11.1 Å².